The number of amides is 2. The summed E-state index contributed by atoms with van der Waals surface area (Å²) in [6.45, 7) is 2.18. The summed E-state index contributed by atoms with van der Waals surface area (Å²) >= 11 is 5.85. The number of hydrogen-bond donors (Lipinski definition) is 2. The number of rotatable bonds is 5. The van der Waals surface area contributed by atoms with Crippen molar-refractivity contribution in [2.24, 2.45) is 0 Å². The zero-order valence-corrected chi connectivity index (χ0v) is 14.4. The number of urea groups is 1. The van der Waals surface area contributed by atoms with Gasteiger partial charge in [-0.05, 0) is 36.2 Å². The molecule has 2 N–H and O–H groups in total. The summed E-state index contributed by atoms with van der Waals surface area (Å²) in [6, 6.07) is 14.5. The summed E-state index contributed by atoms with van der Waals surface area (Å²) in [5.41, 5.74) is 2.56. The first-order valence-electron chi connectivity index (χ1n) is 7.76. The molecule has 0 saturated heterocycles. The molecule has 1 heterocycles. The van der Waals surface area contributed by atoms with Crippen LogP contribution < -0.4 is 10.6 Å². The normalized spacial score (nSPS) is 10.5. The molecule has 2 aromatic carbocycles. The molecule has 0 aliphatic heterocycles. The van der Waals surface area contributed by atoms with Gasteiger partial charge in [-0.3, -0.25) is 0 Å². The Labute approximate surface area is 150 Å². The maximum Gasteiger partial charge on any atom is 0.319 e. The van der Waals surface area contributed by atoms with Crippen LogP contribution in [0.25, 0.3) is 0 Å². The predicted molar refractivity (Wildman–Crippen MR) is 95.6 cm³/mol. The number of carbonyl (C=O) groups is 1. The van der Waals surface area contributed by atoms with Gasteiger partial charge in [0.2, 0.25) is 5.89 Å². The highest BCUT2D eigenvalue weighted by Crippen LogP contribution is 2.18. The Hall–Kier alpha value is -2.86. The molecule has 7 heteroatoms. The van der Waals surface area contributed by atoms with Crippen molar-refractivity contribution in [1.29, 1.82) is 0 Å². The van der Waals surface area contributed by atoms with Crippen LogP contribution in [0.2, 0.25) is 5.02 Å². The number of anilines is 1. The lowest BCUT2D eigenvalue weighted by atomic mass is 10.1. The van der Waals surface area contributed by atoms with E-state index >= 15 is 0 Å². The van der Waals surface area contributed by atoms with Gasteiger partial charge in [-0.15, -0.1) is 0 Å². The molecule has 3 rings (SSSR count). The lowest BCUT2D eigenvalue weighted by Crippen LogP contribution is -2.28. The number of aryl methyl sites for hydroxylation is 1. The number of hydrogen-bond acceptors (Lipinski definition) is 4. The minimum absolute atomic E-state index is 0.288. The van der Waals surface area contributed by atoms with Gasteiger partial charge in [0, 0.05) is 17.3 Å². The summed E-state index contributed by atoms with van der Waals surface area (Å²) in [7, 11) is 0. The molecule has 0 atom stereocenters. The molecule has 0 aliphatic rings. The minimum atomic E-state index is -0.288. The van der Waals surface area contributed by atoms with Gasteiger partial charge in [0.05, 0.1) is 6.42 Å². The number of halogens is 1. The first-order chi connectivity index (χ1) is 12.1. The lowest BCUT2D eigenvalue weighted by molar-refractivity contribution is 0.251. The van der Waals surface area contributed by atoms with Crippen LogP contribution in [-0.4, -0.2) is 16.2 Å². The minimum Gasteiger partial charge on any atom is -0.339 e. The third kappa shape index (κ3) is 4.81. The first kappa shape index (κ1) is 17.0. The van der Waals surface area contributed by atoms with Crippen molar-refractivity contribution in [3.8, 4) is 0 Å². The lowest BCUT2D eigenvalue weighted by Gasteiger charge is -2.11. The number of carbonyl (C=O) groups excluding carboxylic acids is 1. The summed E-state index contributed by atoms with van der Waals surface area (Å²) < 4.78 is 5.14. The fourth-order valence-corrected chi connectivity index (χ4v) is 2.45. The fourth-order valence-electron chi connectivity index (χ4n) is 2.32. The number of nitrogens with one attached hydrogen (secondary N) is 2. The molecule has 0 aliphatic carbocycles. The van der Waals surface area contributed by atoms with Gasteiger partial charge in [-0.1, -0.05) is 47.1 Å². The Bertz CT molecular complexity index is 862. The van der Waals surface area contributed by atoms with E-state index in [0.29, 0.717) is 35.4 Å². The molecule has 2 amide bonds. The Morgan fingerprint density at radius 2 is 1.92 bits per heavy atom. The van der Waals surface area contributed by atoms with E-state index in [-0.39, 0.29) is 6.03 Å². The molecule has 0 unspecified atom stereocenters. The molecule has 0 bridgehead atoms. The van der Waals surface area contributed by atoms with Gasteiger partial charge in [-0.2, -0.15) is 4.98 Å². The molecule has 0 radical (unpaired) electrons. The van der Waals surface area contributed by atoms with E-state index in [4.69, 9.17) is 16.1 Å². The van der Waals surface area contributed by atoms with E-state index in [1.807, 2.05) is 36.4 Å². The Balaban J connectivity index is 1.61. The zero-order chi connectivity index (χ0) is 17.6. The Morgan fingerprint density at radius 1 is 1.16 bits per heavy atom. The molecule has 25 heavy (non-hydrogen) atoms. The van der Waals surface area contributed by atoms with Crippen molar-refractivity contribution in [2.75, 3.05) is 5.32 Å². The van der Waals surface area contributed by atoms with Crippen molar-refractivity contribution in [3.63, 3.8) is 0 Å². The summed E-state index contributed by atoms with van der Waals surface area (Å²) in [4.78, 5) is 16.4. The van der Waals surface area contributed by atoms with E-state index in [9.17, 15) is 4.79 Å². The summed E-state index contributed by atoms with van der Waals surface area (Å²) in [5.74, 6) is 1.09. The quantitative estimate of drug-likeness (QED) is 0.725. The number of aromatic nitrogens is 2. The van der Waals surface area contributed by atoms with Crippen molar-refractivity contribution >= 4 is 23.3 Å². The van der Waals surface area contributed by atoms with Gasteiger partial charge in [0.1, 0.15) is 0 Å². The van der Waals surface area contributed by atoms with E-state index < -0.39 is 0 Å². The average Bonchev–Trinajstić information content (AvgIpc) is 3.01. The van der Waals surface area contributed by atoms with Crippen molar-refractivity contribution in [3.05, 3.63) is 76.4 Å². The van der Waals surface area contributed by atoms with Gasteiger partial charge < -0.3 is 15.2 Å². The van der Waals surface area contributed by atoms with Crippen molar-refractivity contribution < 1.29 is 9.32 Å². The third-order valence-electron chi connectivity index (χ3n) is 3.54. The molecule has 6 nitrogen and oxygen atoms in total. The third-order valence-corrected chi connectivity index (χ3v) is 3.80. The molecule has 128 valence electrons. The standard InChI is InChI=1S/C18H17ClN4O2/c1-12-21-17(25-23-12)10-14-4-2-3-5-16(14)22-18(24)20-11-13-6-8-15(19)9-7-13/h2-9H,10-11H2,1H3,(H2,20,22,24). The number of nitrogens with zero attached hydrogens (tertiary/aromatic N) is 2. The maximum absolute atomic E-state index is 12.2. The molecule has 1 aromatic heterocycles. The second-order valence-electron chi connectivity index (χ2n) is 5.50. The van der Waals surface area contributed by atoms with Crippen LogP contribution in [0.3, 0.4) is 0 Å². The molecule has 0 saturated carbocycles. The van der Waals surface area contributed by atoms with Crippen LogP contribution >= 0.6 is 11.6 Å². The molecule has 0 fully saturated rings. The van der Waals surface area contributed by atoms with E-state index in [1.165, 1.54) is 0 Å². The SMILES string of the molecule is Cc1noc(Cc2ccccc2NC(=O)NCc2ccc(Cl)cc2)n1. The fraction of sp³-hybridized carbons (Fsp3) is 0.167. The average molecular weight is 357 g/mol. The van der Waals surface area contributed by atoms with Crippen LogP contribution in [0.5, 0.6) is 0 Å². The van der Waals surface area contributed by atoms with Gasteiger partial charge >= 0.3 is 6.03 Å². The zero-order valence-electron chi connectivity index (χ0n) is 13.6. The second-order valence-corrected chi connectivity index (χ2v) is 5.94. The van der Waals surface area contributed by atoms with Gasteiger partial charge in [0.15, 0.2) is 5.82 Å². The van der Waals surface area contributed by atoms with Crippen LogP contribution in [0.1, 0.15) is 22.8 Å². The highest BCUT2D eigenvalue weighted by atomic mass is 35.5. The molecule has 3 aromatic rings. The molecule has 0 spiro atoms. The highest BCUT2D eigenvalue weighted by Gasteiger charge is 2.10. The van der Waals surface area contributed by atoms with Gasteiger partial charge in [0.25, 0.3) is 0 Å². The monoisotopic (exact) mass is 356 g/mol. The molecular formula is C18H17ClN4O2. The van der Waals surface area contributed by atoms with E-state index in [1.54, 1.807) is 19.1 Å². The van der Waals surface area contributed by atoms with Crippen molar-refractivity contribution in [1.82, 2.24) is 15.5 Å². The Kier molecular flexibility index (Phi) is 5.30. The number of para-hydroxylation sites is 1. The van der Waals surface area contributed by atoms with Crippen molar-refractivity contribution in [2.45, 2.75) is 19.9 Å². The van der Waals surface area contributed by atoms with Crippen LogP contribution in [0, 0.1) is 6.92 Å². The Morgan fingerprint density at radius 3 is 2.64 bits per heavy atom. The summed E-state index contributed by atoms with van der Waals surface area (Å²) in [6.07, 6.45) is 0.453. The molecular weight excluding hydrogens is 340 g/mol. The topological polar surface area (TPSA) is 80.0 Å². The summed E-state index contributed by atoms with van der Waals surface area (Å²) in [5, 5.41) is 10.1. The largest absolute Gasteiger partial charge is 0.339 e. The van der Waals surface area contributed by atoms with E-state index in [0.717, 1.165) is 11.1 Å². The van der Waals surface area contributed by atoms with Crippen LogP contribution in [0.15, 0.2) is 53.1 Å². The highest BCUT2D eigenvalue weighted by molar-refractivity contribution is 6.30. The second kappa shape index (κ2) is 7.81. The maximum atomic E-state index is 12.2. The van der Waals surface area contributed by atoms with Gasteiger partial charge in [-0.25, -0.2) is 4.79 Å². The van der Waals surface area contributed by atoms with E-state index in [2.05, 4.69) is 20.8 Å². The van der Waals surface area contributed by atoms with Crippen LogP contribution in [-0.2, 0) is 13.0 Å². The number of benzene rings is 2. The smallest absolute Gasteiger partial charge is 0.319 e. The van der Waals surface area contributed by atoms with Crippen LogP contribution in [0.4, 0.5) is 10.5 Å². The predicted octanol–water partition coefficient (Wildman–Crippen LogP) is 3.94. The first-order valence-corrected chi connectivity index (χ1v) is 8.14.